The van der Waals surface area contributed by atoms with Crippen LogP contribution in [0, 0.1) is 34.9 Å². The van der Waals surface area contributed by atoms with Crippen LogP contribution in [0.25, 0.3) is 0 Å². The molecule has 9 atom stereocenters. The normalized spacial score (nSPS) is 42.6. The summed E-state index contributed by atoms with van der Waals surface area (Å²) in [7, 11) is 0. The number of rotatable bonds is 4. The van der Waals surface area contributed by atoms with Crippen molar-refractivity contribution in [3.63, 3.8) is 0 Å². The zero-order valence-electron chi connectivity index (χ0n) is 22.0. The fourth-order valence-corrected chi connectivity index (χ4v) is 8.81. The number of fused-ring (bicyclic) bond motifs is 7. The van der Waals surface area contributed by atoms with Gasteiger partial charge in [0.05, 0.1) is 22.7 Å². The number of halogens is 1. The predicted octanol–water partition coefficient (Wildman–Crippen LogP) is 5.91. The predicted molar refractivity (Wildman–Crippen MR) is 139 cm³/mol. The SMILES string of the molecule is C=C1C=C[C@@]2(C)C(=C1)CC[C@@H]1[C@@H]2[C@@H](O)CC2[C@H]1C[C@H]1O[C@@H](c3sccc3F)O[C@@]21C(=O)COC(C)(C)C. The van der Waals surface area contributed by atoms with Crippen LogP contribution in [0.15, 0.2) is 47.4 Å². The van der Waals surface area contributed by atoms with Gasteiger partial charge in [-0.3, -0.25) is 4.79 Å². The van der Waals surface area contributed by atoms with Gasteiger partial charge in [0.1, 0.15) is 12.4 Å². The lowest BCUT2D eigenvalue weighted by Gasteiger charge is -2.56. The van der Waals surface area contributed by atoms with Crippen LogP contribution in [-0.4, -0.2) is 40.9 Å². The fourth-order valence-electron chi connectivity index (χ4n) is 8.08. The first kappa shape index (κ1) is 25.6. The van der Waals surface area contributed by atoms with Crippen molar-refractivity contribution in [3.05, 3.63) is 58.1 Å². The molecule has 2 heterocycles. The van der Waals surface area contributed by atoms with Crippen LogP contribution in [0.2, 0.25) is 0 Å². The highest BCUT2D eigenvalue weighted by molar-refractivity contribution is 7.10. The molecule has 0 radical (unpaired) electrons. The van der Waals surface area contributed by atoms with Crippen molar-refractivity contribution in [1.82, 2.24) is 0 Å². The Labute approximate surface area is 222 Å². The van der Waals surface area contributed by atoms with Crippen molar-refractivity contribution < 1.29 is 28.5 Å². The maximum atomic E-state index is 14.5. The second-order valence-corrected chi connectivity index (χ2v) is 13.7. The lowest BCUT2D eigenvalue weighted by atomic mass is 9.49. The van der Waals surface area contributed by atoms with E-state index in [1.54, 1.807) is 5.38 Å². The Morgan fingerprint density at radius 2 is 2.11 bits per heavy atom. The molecule has 5 aliphatic rings. The van der Waals surface area contributed by atoms with E-state index >= 15 is 0 Å². The number of ether oxygens (including phenoxy) is 3. The lowest BCUT2D eigenvalue weighted by Crippen LogP contribution is -2.58. The second-order valence-electron chi connectivity index (χ2n) is 12.7. The van der Waals surface area contributed by atoms with Crippen molar-refractivity contribution in [2.45, 2.75) is 83.1 Å². The van der Waals surface area contributed by atoms with Crippen LogP contribution in [-0.2, 0) is 19.0 Å². The van der Waals surface area contributed by atoms with Crippen LogP contribution in [0.4, 0.5) is 4.39 Å². The number of carbonyl (C=O) groups is 1. The first-order valence-electron chi connectivity index (χ1n) is 13.4. The Hall–Kier alpha value is -1.64. The van der Waals surface area contributed by atoms with E-state index < -0.39 is 29.7 Å². The molecule has 200 valence electrons. The first-order valence-corrected chi connectivity index (χ1v) is 14.3. The van der Waals surface area contributed by atoms with Crippen LogP contribution in [0.3, 0.4) is 0 Å². The number of Topliss-reactive ketones (excluding diaryl/α,β-unsaturated/α-hetero) is 1. The van der Waals surface area contributed by atoms with Gasteiger partial charge < -0.3 is 19.3 Å². The highest BCUT2D eigenvalue weighted by Gasteiger charge is 2.70. The summed E-state index contributed by atoms with van der Waals surface area (Å²) in [6, 6.07) is 1.40. The van der Waals surface area contributed by atoms with Gasteiger partial charge in [-0.05, 0) is 75.3 Å². The summed E-state index contributed by atoms with van der Waals surface area (Å²) < 4.78 is 33.4. The molecule has 0 bridgehead atoms. The third-order valence-corrected chi connectivity index (χ3v) is 10.5. The number of thiophene rings is 1. The molecule has 1 saturated heterocycles. The van der Waals surface area contributed by atoms with E-state index in [1.807, 2.05) is 20.8 Å². The van der Waals surface area contributed by atoms with Gasteiger partial charge in [-0.15, -0.1) is 11.3 Å². The zero-order valence-corrected chi connectivity index (χ0v) is 22.9. The number of ketones is 1. The lowest BCUT2D eigenvalue weighted by molar-refractivity contribution is -0.177. The maximum Gasteiger partial charge on any atom is 0.197 e. The number of allylic oxidation sites excluding steroid dienone is 5. The van der Waals surface area contributed by atoms with Crippen molar-refractivity contribution >= 4 is 17.1 Å². The van der Waals surface area contributed by atoms with Crippen LogP contribution >= 0.6 is 11.3 Å². The number of aliphatic hydroxyl groups excluding tert-OH is 1. The van der Waals surface area contributed by atoms with E-state index in [1.165, 1.54) is 23.0 Å². The van der Waals surface area contributed by atoms with Gasteiger partial charge in [-0.1, -0.05) is 37.3 Å². The molecule has 37 heavy (non-hydrogen) atoms. The van der Waals surface area contributed by atoms with Gasteiger partial charge in [0.25, 0.3) is 0 Å². The van der Waals surface area contributed by atoms with E-state index in [4.69, 9.17) is 14.2 Å². The number of hydrogen-bond donors (Lipinski definition) is 1. The van der Waals surface area contributed by atoms with Gasteiger partial charge in [-0.2, -0.15) is 0 Å². The van der Waals surface area contributed by atoms with E-state index in [9.17, 15) is 14.3 Å². The van der Waals surface area contributed by atoms with Gasteiger partial charge in [0.15, 0.2) is 17.7 Å². The Balaban J connectivity index is 1.36. The minimum absolute atomic E-state index is 0.0560. The minimum atomic E-state index is -1.25. The number of hydrogen-bond acceptors (Lipinski definition) is 6. The highest BCUT2D eigenvalue weighted by atomic mass is 32.1. The molecule has 5 nitrogen and oxygen atoms in total. The average molecular weight is 529 g/mol. The highest BCUT2D eigenvalue weighted by Crippen LogP contribution is 2.66. The van der Waals surface area contributed by atoms with Crippen LogP contribution in [0.5, 0.6) is 0 Å². The molecule has 1 aliphatic heterocycles. The van der Waals surface area contributed by atoms with E-state index in [0.717, 1.165) is 18.4 Å². The summed E-state index contributed by atoms with van der Waals surface area (Å²) in [6.07, 6.45) is 7.46. The molecule has 1 aromatic heterocycles. The quantitative estimate of drug-likeness (QED) is 0.526. The van der Waals surface area contributed by atoms with Gasteiger partial charge in [0.2, 0.25) is 0 Å². The average Bonchev–Trinajstić information content (AvgIpc) is 3.49. The first-order chi connectivity index (χ1) is 17.4. The Morgan fingerprint density at radius 1 is 1.32 bits per heavy atom. The topological polar surface area (TPSA) is 65.0 Å². The maximum absolute atomic E-state index is 14.5. The molecule has 1 aromatic rings. The number of aliphatic hydroxyl groups is 1. The summed E-state index contributed by atoms with van der Waals surface area (Å²) in [5.41, 5.74) is 0.358. The van der Waals surface area contributed by atoms with Crippen molar-refractivity contribution in [3.8, 4) is 0 Å². The summed E-state index contributed by atoms with van der Waals surface area (Å²) in [4.78, 5) is 14.4. The number of carbonyl (C=O) groups excluding carboxylic acids is 1. The van der Waals surface area contributed by atoms with E-state index in [2.05, 4.69) is 31.7 Å². The Bertz CT molecular complexity index is 1180. The molecule has 4 fully saturated rings. The van der Waals surface area contributed by atoms with Crippen LogP contribution < -0.4 is 0 Å². The molecule has 1 N–H and O–H groups in total. The molecular formula is C30H37FO5S. The van der Waals surface area contributed by atoms with Crippen molar-refractivity contribution in [2.75, 3.05) is 6.61 Å². The fraction of sp³-hybridized carbons (Fsp3) is 0.633. The standard InChI is InChI=1S/C30H37FO5S/c1-16-8-10-29(5)17(12-16)6-7-18-19-13-24-30(20(19)14-22(32)25(18)29,23(33)15-34-28(2,3)4)36-27(35-24)26-21(31)9-11-37-26/h8-12,18-20,22,24-25,27,32H,1,6-7,13-15H2,2-5H3/t18-,19-,20?,22-,24+,25+,27+,29-,30+/m0/s1. The van der Waals surface area contributed by atoms with Gasteiger partial charge >= 0.3 is 0 Å². The summed E-state index contributed by atoms with van der Waals surface area (Å²) in [5.74, 6) is -0.302. The summed E-state index contributed by atoms with van der Waals surface area (Å²) in [5, 5.41) is 13.4. The minimum Gasteiger partial charge on any atom is -0.393 e. The molecule has 6 rings (SSSR count). The largest absolute Gasteiger partial charge is 0.393 e. The van der Waals surface area contributed by atoms with E-state index in [0.29, 0.717) is 17.7 Å². The Kier molecular flexibility index (Phi) is 6.01. The van der Waals surface area contributed by atoms with E-state index in [-0.39, 0.29) is 47.3 Å². The van der Waals surface area contributed by atoms with Crippen molar-refractivity contribution in [1.29, 1.82) is 0 Å². The smallest absolute Gasteiger partial charge is 0.197 e. The second kappa shape index (κ2) is 8.68. The summed E-state index contributed by atoms with van der Waals surface area (Å²) in [6.45, 7) is 12.0. The molecule has 7 heteroatoms. The summed E-state index contributed by atoms with van der Waals surface area (Å²) >= 11 is 1.24. The van der Waals surface area contributed by atoms with Gasteiger partial charge in [-0.25, -0.2) is 4.39 Å². The molecule has 4 aliphatic carbocycles. The molecule has 1 unspecified atom stereocenters. The molecule has 3 saturated carbocycles. The Morgan fingerprint density at radius 3 is 2.81 bits per heavy atom. The molecular weight excluding hydrogens is 491 g/mol. The molecule has 0 amide bonds. The van der Waals surface area contributed by atoms with Crippen LogP contribution in [0.1, 0.15) is 64.5 Å². The third kappa shape index (κ3) is 3.88. The third-order valence-electron chi connectivity index (χ3n) is 9.61. The van der Waals surface area contributed by atoms with Crippen molar-refractivity contribution in [2.24, 2.45) is 29.1 Å². The molecule has 0 spiro atoms. The van der Waals surface area contributed by atoms with Gasteiger partial charge in [0, 0.05) is 17.3 Å². The molecule has 0 aromatic carbocycles. The monoisotopic (exact) mass is 528 g/mol. The zero-order chi connectivity index (χ0) is 26.3.